The zero-order chi connectivity index (χ0) is 18.5. The Morgan fingerprint density at radius 3 is 3.04 bits per heavy atom. The van der Waals surface area contributed by atoms with Crippen molar-refractivity contribution >= 4 is 17.2 Å². The lowest BCUT2D eigenvalue weighted by Gasteiger charge is -2.45. The Balaban J connectivity index is 1.57. The van der Waals surface area contributed by atoms with Gasteiger partial charge < -0.3 is 14.2 Å². The normalized spacial score (nSPS) is 21.2. The second-order valence-electron chi connectivity index (χ2n) is 6.69. The van der Waals surface area contributed by atoms with Crippen molar-refractivity contribution in [3.8, 4) is 10.8 Å². The van der Waals surface area contributed by atoms with Crippen LogP contribution in [0.15, 0.2) is 29.8 Å². The molecule has 0 aliphatic carbocycles. The topological polar surface area (TPSA) is 73.1 Å². The Morgan fingerprint density at radius 2 is 2.22 bits per heavy atom. The van der Waals surface area contributed by atoms with Gasteiger partial charge >= 0.3 is 0 Å². The van der Waals surface area contributed by atoms with Crippen LogP contribution in [0.4, 0.5) is 4.39 Å². The number of benzene rings is 1. The fraction of sp³-hybridized carbons (Fsp3) is 0.333. The Morgan fingerprint density at radius 1 is 1.33 bits per heavy atom. The molecule has 0 radical (unpaired) electrons. The number of carbonyl (C=O) groups is 1. The summed E-state index contributed by atoms with van der Waals surface area (Å²) < 4.78 is 22.2. The van der Waals surface area contributed by atoms with E-state index < -0.39 is 11.9 Å². The number of hydrogen-bond acceptors (Lipinski definition) is 6. The maximum Gasteiger partial charge on any atom is 0.257 e. The molecule has 2 aliphatic rings. The van der Waals surface area contributed by atoms with Crippen molar-refractivity contribution in [3.05, 3.63) is 52.5 Å². The van der Waals surface area contributed by atoms with E-state index in [1.807, 2.05) is 9.95 Å². The highest BCUT2D eigenvalue weighted by molar-refractivity contribution is 7.13. The summed E-state index contributed by atoms with van der Waals surface area (Å²) in [4.78, 5) is 19.2. The molecule has 138 valence electrons. The van der Waals surface area contributed by atoms with Crippen molar-refractivity contribution in [1.82, 2.24) is 24.6 Å². The highest BCUT2D eigenvalue weighted by atomic mass is 32.1. The molecule has 2 atom stereocenters. The molecule has 2 aromatic heterocycles. The number of rotatable bonds is 2. The molecule has 7 nitrogen and oxygen atoms in total. The second kappa shape index (κ2) is 6.21. The van der Waals surface area contributed by atoms with Crippen molar-refractivity contribution in [2.75, 3.05) is 13.2 Å². The Bertz CT molecular complexity index is 1020. The van der Waals surface area contributed by atoms with E-state index in [0.29, 0.717) is 37.0 Å². The van der Waals surface area contributed by atoms with Gasteiger partial charge in [-0.2, -0.15) is 0 Å². The van der Waals surface area contributed by atoms with Gasteiger partial charge in [-0.05, 0) is 18.6 Å². The van der Waals surface area contributed by atoms with Crippen LogP contribution in [0.5, 0.6) is 0 Å². The number of ether oxygens (including phenoxy) is 1. The highest BCUT2D eigenvalue weighted by Gasteiger charge is 2.44. The fourth-order valence-corrected chi connectivity index (χ4v) is 4.40. The minimum Gasteiger partial charge on any atom is -0.377 e. The number of aromatic nitrogens is 4. The Kier molecular flexibility index (Phi) is 3.80. The molecular weight excluding hydrogens is 369 g/mol. The molecule has 27 heavy (non-hydrogen) atoms. The molecule has 5 rings (SSSR count). The van der Waals surface area contributed by atoms with E-state index in [2.05, 4.69) is 15.2 Å². The van der Waals surface area contributed by atoms with Crippen molar-refractivity contribution < 1.29 is 13.9 Å². The lowest BCUT2D eigenvalue weighted by Crippen LogP contribution is -2.56. The first-order valence-electron chi connectivity index (χ1n) is 8.63. The molecule has 9 heteroatoms. The molecule has 1 amide bonds. The van der Waals surface area contributed by atoms with Gasteiger partial charge in [-0.1, -0.05) is 12.1 Å². The standard InChI is InChI=1S/C18H16FN5O2S/c1-10-3-2-4-12(14(10)19)18(25)24-11-7-23-15(13(24)9-26-8-11)21-22-16(23)17-20-5-6-27-17/h2-6,11,13H,7-9H2,1H3/t11-,13-/m1/s1. The van der Waals surface area contributed by atoms with Crippen molar-refractivity contribution in [1.29, 1.82) is 0 Å². The number of nitrogens with zero attached hydrogens (tertiary/aromatic N) is 5. The van der Waals surface area contributed by atoms with Crippen LogP contribution in [0.1, 0.15) is 27.8 Å². The van der Waals surface area contributed by atoms with Crippen LogP contribution in [0.2, 0.25) is 0 Å². The minimum atomic E-state index is -0.475. The monoisotopic (exact) mass is 385 g/mol. The van der Waals surface area contributed by atoms with E-state index in [1.54, 1.807) is 30.2 Å². The van der Waals surface area contributed by atoms with Gasteiger partial charge in [0.25, 0.3) is 5.91 Å². The maximum absolute atomic E-state index is 14.6. The first-order valence-corrected chi connectivity index (χ1v) is 9.51. The van der Waals surface area contributed by atoms with Crippen LogP contribution < -0.4 is 0 Å². The van der Waals surface area contributed by atoms with E-state index in [0.717, 1.165) is 5.01 Å². The van der Waals surface area contributed by atoms with E-state index >= 15 is 0 Å². The SMILES string of the molecule is Cc1cccc(C(=O)N2[C@H]3COC[C@@H]2c2nnc(-c4nccs4)n2C3)c1F. The van der Waals surface area contributed by atoms with Crippen LogP contribution in [-0.4, -0.2) is 49.8 Å². The first kappa shape index (κ1) is 16.5. The molecule has 1 saturated heterocycles. The van der Waals surface area contributed by atoms with Gasteiger partial charge in [0, 0.05) is 18.1 Å². The number of thiazole rings is 1. The summed E-state index contributed by atoms with van der Waals surface area (Å²) in [5.41, 5.74) is 0.536. The quantitative estimate of drug-likeness (QED) is 0.678. The fourth-order valence-electron chi connectivity index (χ4n) is 3.77. The van der Waals surface area contributed by atoms with Crippen LogP contribution in [0.3, 0.4) is 0 Å². The predicted molar refractivity (Wildman–Crippen MR) is 95.8 cm³/mol. The van der Waals surface area contributed by atoms with Crippen LogP contribution >= 0.6 is 11.3 Å². The van der Waals surface area contributed by atoms with E-state index in [1.165, 1.54) is 17.4 Å². The number of aryl methyl sites for hydroxylation is 1. The van der Waals surface area contributed by atoms with Crippen LogP contribution in [0.25, 0.3) is 10.8 Å². The van der Waals surface area contributed by atoms with Crippen LogP contribution in [0, 0.1) is 12.7 Å². The average Bonchev–Trinajstić information content (AvgIpc) is 3.32. The maximum atomic E-state index is 14.6. The zero-order valence-electron chi connectivity index (χ0n) is 14.5. The number of halogens is 1. The third-order valence-electron chi connectivity index (χ3n) is 5.07. The number of carbonyl (C=O) groups excluding carboxylic acids is 1. The largest absolute Gasteiger partial charge is 0.377 e. The predicted octanol–water partition coefficient (Wildman–Crippen LogP) is 2.45. The lowest BCUT2D eigenvalue weighted by atomic mass is 10.0. The Hall–Kier alpha value is -2.65. The number of fused-ring (bicyclic) bond motifs is 4. The average molecular weight is 385 g/mol. The molecule has 0 saturated carbocycles. The number of amides is 1. The van der Waals surface area contributed by atoms with E-state index in [4.69, 9.17) is 4.74 Å². The summed E-state index contributed by atoms with van der Waals surface area (Å²) in [7, 11) is 0. The van der Waals surface area contributed by atoms with Crippen LogP contribution in [-0.2, 0) is 11.3 Å². The van der Waals surface area contributed by atoms with Gasteiger partial charge in [0.2, 0.25) is 0 Å². The van der Waals surface area contributed by atoms with Gasteiger partial charge in [-0.3, -0.25) is 4.79 Å². The van der Waals surface area contributed by atoms with Crippen molar-refractivity contribution in [3.63, 3.8) is 0 Å². The van der Waals surface area contributed by atoms with Gasteiger partial charge in [-0.25, -0.2) is 9.37 Å². The summed E-state index contributed by atoms with van der Waals surface area (Å²) in [6.45, 7) is 2.85. The zero-order valence-corrected chi connectivity index (χ0v) is 15.3. The molecule has 0 spiro atoms. The van der Waals surface area contributed by atoms with Gasteiger partial charge in [0.15, 0.2) is 16.7 Å². The number of morpholine rings is 1. The van der Waals surface area contributed by atoms with Gasteiger partial charge in [0.1, 0.15) is 11.9 Å². The third-order valence-corrected chi connectivity index (χ3v) is 5.84. The molecule has 0 unspecified atom stereocenters. The molecule has 3 aromatic rings. The minimum absolute atomic E-state index is 0.0833. The molecule has 2 aliphatic heterocycles. The highest BCUT2D eigenvalue weighted by Crippen LogP contribution is 2.36. The second-order valence-corrected chi connectivity index (χ2v) is 7.58. The Labute approximate surface area is 158 Å². The smallest absolute Gasteiger partial charge is 0.257 e. The number of hydrogen-bond donors (Lipinski definition) is 0. The van der Waals surface area contributed by atoms with E-state index in [-0.39, 0.29) is 17.5 Å². The lowest BCUT2D eigenvalue weighted by molar-refractivity contribution is -0.0571. The molecule has 0 N–H and O–H groups in total. The molecule has 2 bridgehead atoms. The summed E-state index contributed by atoms with van der Waals surface area (Å²) in [5.74, 6) is 0.542. The molecule has 1 fully saturated rings. The third kappa shape index (κ3) is 2.49. The summed E-state index contributed by atoms with van der Waals surface area (Å²) >= 11 is 1.49. The molecule has 4 heterocycles. The summed E-state index contributed by atoms with van der Waals surface area (Å²) in [6.07, 6.45) is 1.73. The first-order chi connectivity index (χ1) is 13.1. The van der Waals surface area contributed by atoms with Gasteiger partial charge in [0.05, 0.1) is 24.8 Å². The van der Waals surface area contributed by atoms with Crippen molar-refractivity contribution in [2.45, 2.75) is 25.6 Å². The van der Waals surface area contributed by atoms with Crippen molar-refractivity contribution in [2.24, 2.45) is 0 Å². The van der Waals surface area contributed by atoms with Gasteiger partial charge in [-0.15, -0.1) is 21.5 Å². The summed E-state index contributed by atoms with van der Waals surface area (Å²) in [5, 5.41) is 11.3. The van der Waals surface area contributed by atoms with E-state index in [9.17, 15) is 9.18 Å². The molecular formula is C18H16FN5O2S. The molecule has 1 aromatic carbocycles. The summed E-state index contributed by atoms with van der Waals surface area (Å²) in [6, 6.07) is 4.28.